The van der Waals surface area contributed by atoms with E-state index in [1.165, 1.54) is 6.08 Å². The highest BCUT2D eigenvalue weighted by atomic mass is 16.5. The summed E-state index contributed by atoms with van der Waals surface area (Å²) < 4.78 is 10.4. The lowest BCUT2D eigenvalue weighted by molar-refractivity contribution is -0.139. The maximum Gasteiger partial charge on any atom is 0.341 e. The highest BCUT2D eigenvalue weighted by Crippen LogP contribution is 2.23. The molecular formula is C23H22N2O5. The van der Waals surface area contributed by atoms with Crippen molar-refractivity contribution in [3.63, 3.8) is 0 Å². The average molecular weight is 406 g/mol. The first-order valence-corrected chi connectivity index (χ1v) is 9.08. The van der Waals surface area contributed by atoms with E-state index < -0.39 is 18.5 Å². The Balaban J connectivity index is 2.13. The molecule has 0 aliphatic rings. The van der Waals surface area contributed by atoms with Crippen molar-refractivity contribution >= 4 is 18.0 Å². The van der Waals surface area contributed by atoms with E-state index in [1.807, 2.05) is 18.2 Å². The Morgan fingerprint density at radius 3 is 2.57 bits per heavy atom. The fraction of sp³-hybridized carbons (Fsp3) is 0.174. The quantitative estimate of drug-likeness (QED) is 0.357. The predicted molar refractivity (Wildman–Crippen MR) is 112 cm³/mol. The highest BCUT2D eigenvalue weighted by molar-refractivity contribution is 6.01. The smallest absolute Gasteiger partial charge is 0.341 e. The Kier molecular flexibility index (Phi) is 8.21. The van der Waals surface area contributed by atoms with E-state index in [-0.39, 0.29) is 12.1 Å². The summed E-state index contributed by atoms with van der Waals surface area (Å²) in [4.78, 5) is 23.1. The number of rotatable bonds is 10. The van der Waals surface area contributed by atoms with E-state index in [0.29, 0.717) is 29.0 Å². The summed E-state index contributed by atoms with van der Waals surface area (Å²) in [7, 11) is 1.58. The molecule has 2 rings (SSSR count). The zero-order chi connectivity index (χ0) is 21.9. The van der Waals surface area contributed by atoms with E-state index >= 15 is 0 Å². The van der Waals surface area contributed by atoms with Gasteiger partial charge >= 0.3 is 5.97 Å². The number of ether oxygens (including phenoxy) is 2. The number of carboxylic acid groups (broad SMARTS) is 1. The minimum atomic E-state index is -1.08. The second kappa shape index (κ2) is 11.1. The van der Waals surface area contributed by atoms with E-state index in [2.05, 4.69) is 11.9 Å². The Morgan fingerprint density at radius 2 is 1.97 bits per heavy atom. The van der Waals surface area contributed by atoms with Crippen LogP contribution in [0.5, 0.6) is 11.5 Å². The molecule has 0 aliphatic carbocycles. The van der Waals surface area contributed by atoms with Crippen LogP contribution in [-0.2, 0) is 22.6 Å². The summed E-state index contributed by atoms with van der Waals surface area (Å²) >= 11 is 0. The van der Waals surface area contributed by atoms with Crippen LogP contribution in [0.1, 0.15) is 16.7 Å². The van der Waals surface area contributed by atoms with Crippen LogP contribution < -0.4 is 14.8 Å². The number of amides is 1. The lowest BCUT2D eigenvalue weighted by Gasteiger charge is -2.10. The van der Waals surface area contributed by atoms with E-state index in [0.717, 1.165) is 5.56 Å². The molecule has 0 spiro atoms. The Labute approximate surface area is 174 Å². The molecule has 0 aliphatic heterocycles. The molecule has 1 amide bonds. The Morgan fingerprint density at radius 1 is 1.23 bits per heavy atom. The van der Waals surface area contributed by atoms with Crippen LogP contribution in [0.2, 0.25) is 0 Å². The zero-order valence-electron chi connectivity index (χ0n) is 16.6. The summed E-state index contributed by atoms with van der Waals surface area (Å²) in [6, 6.07) is 14.1. The molecular weight excluding hydrogens is 384 g/mol. The first-order chi connectivity index (χ1) is 14.5. The van der Waals surface area contributed by atoms with E-state index in [9.17, 15) is 14.9 Å². The minimum absolute atomic E-state index is 0.0488. The average Bonchev–Trinajstić information content (AvgIpc) is 2.75. The number of hydrogen-bond donors (Lipinski definition) is 2. The lowest BCUT2D eigenvalue weighted by Crippen LogP contribution is -2.23. The summed E-state index contributed by atoms with van der Waals surface area (Å²) in [6.07, 6.45) is 3.57. The Bertz CT molecular complexity index is 988. The third kappa shape index (κ3) is 6.53. The topological polar surface area (TPSA) is 109 Å². The zero-order valence-corrected chi connectivity index (χ0v) is 16.6. The van der Waals surface area contributed by atoms with Crippen molar-refractivity contribution in [2.45, 2.75) is 13.0 Å². The SMILES string of the molecule is C=CCc1cc(/C=C(/C#N)C(=O)NCc2ccc(OC)cc2)ccc1OCC(=O)O. The van der Waals surface area contributed by atoms with Gasteiger partial charge in [-0.05, 0) is 53.5 Å². The van der Waals surface area contributed by atoms with Crippen molar-refractivity contribution in [2.24, 2.45) is 0 Å². The number of carbonyl (C=O) groups excluding carboxylic acids is 1. The monoisotopic (exact) mass is 406 g/mol. The molecule has 0 saturated carbocycles. The molecule has 7 heteroatoms. The number of benzene rings is 2. The van der Waals surface area contributed by atoms with Crippen molar-refractivity contribution in [2.75, 3.05) is 13.7 Å². The fourth-order valence-corrected chi connectivity index (χ4v) is 2.62. The number of nitrogens with zero attached hydrogens (tertiary/aromatic N) is 1. The minimum Gasteiger partial charge on any atom is -0.497 e. The number of hydrogen-bond acceptors (Lipinski definition) is 5. The molecule has 0 atom stereocenters. The van der Waals surface area contributed by atoms with Crippen molar-refractivity contribution in [3.05, 3.63) is 77.4 Å². The van der Waals surface area contributed by atoms with Crippen LogP contribution in [0.3, 0.4) is 0 Å². The first-order valence-electron chi connectivity index (χ1n) is 9.08. The van der Waals surface area contributed by atoms with Crippen LogP contribution in [0, 0.1) is 11.3 Å². The van der Waals surface area contributed by atoms with Crippen molar-refractivity contribution in [1.82, 2.24) is 5.32 Å². The maximum atomic E-state index is 12.4. The standard InChI is InChI=1S/C23H22N2O5/c1-3-4-18-11-17(7-10-21(18)30-15-22(26)27)12-19(13-24)23(28)25-14-16-5-8-20(29-2)9-6-16/h3,5-12H,1,4,14-15H2,2H3,(H,25,28)(H,26,27)/b19-12-. The number of nitriles is 1. The van der Waals surface area contributed by atoms with Gasteiger partial charge in [-0.25, -0.2) is 4.79 Å². The highest BCUT2D eigenvalue weighted by Gasteiger charge is 2.11. The second-order valence-corrected chi connectivity index (χ2v) is 6.24. The predicted octanol–water partition coefficient (Wildman–Crippen LogP) is 3.11. The van der Waals surface area contributed by atoms with Gasteiger partial charge in [0.2, 0.25) is 0 Å². The van der Waals surface area contributed by atoms with Gasteiger partial charge in [0.15, 0.2) is 6.61 Å². The molecule has 0 fully saturated rings. The first kappa shape index (κ1) is 22.2. The van der Waals surface area contributed by atoms with Crippen LogP contribution in [0.15, 0.2) is 60.7 Å². The summed E-state index contributed by atoms with van der Waals surface area (Å²) in [5.74, 6) is -0.445. The Hall–Kier alpha value is -4.05. The summed E-state index contributed by atoms with van der Waals surface area (Å²) in [6.45, 7) is 3.49. The number of aliphatic carboxylic acids is 1. The van der Waals surface area contributed by atoms with E-state index in [4.69, 9.17) is 14.6 Å². The van der Waals surface area contributed by atoms with Gasteiger partial charge in [0.25, 0.3) is 5.91 Å². The van der Waals surface area contributed by atoms with Gasteiger partial charge in [0.1, 0.15) is 23.1 Å². The molecule has 0 radical (unpaired) electrons. The third-order valence-corrected chi connectivity index (χ3v) is 4.09. The summed E-state index contributed by atoms with van der Waals surface area (Å²) in [5, 5.41) is 20.9. The second-order valence-electron chi connectivity index (χ2n) is 6.24. The largest absolute Gasteiger partial charge is 0.497 e. The third-order valence-electron chi connectivity index (χ3n) is 4.09. The van der Waals surface area contributed by atoms with Crippen LogP contribution in [0.4, 0.5) is 0 Å². The molecule has 0 aromatic heterocycles. The van der Waals surface area contributed by atoms with Crippen LogP contribution in [0.25, 0.3) is 6.08 Å². The molecule has 0 unspecified atom stereocenters. The van der Waals surface area contributed by atoms with Gasteiger partial charge in [-0.15, -0.1) is 6.58 Å². The van der Waals surface area contributed by atoms with Crippen LogP contribution in [-0.4, -0.2) is 30.7 Å². The van der Waals surface area contributed by atoms with Crippen molar-refractivity contribution in [1.29, 1.82) is 5.26 Å². The molecule has 2 aromatic rings. The van der Waals surface area contributed by atoms with Crippen LogP contribution >= 0.6 is 0 Å². The van der Waals surface area contributed by atoms with Gasteiger partial charge < -0.3 is 19.9 Å². The maximum absolute atomic E-state index is 12.4. The number of carbonyl (C=O) groups is 2. The van der Waals surface area contributed by atoms with Gasteiger partial charge in [-0.3, -0.25) is 4.79 Å². The molecule has 2 aromatic carbocycles. The molecule has 2 N–H and O–H groups in total. The van der Waals surface area contributed by atoms with Gasteiger partial charge in [-0.2, -0.15) is 5.26 Å². The normalized spacial score (nSPS) is 10.6. The number of allylic oxidation sites excluding steroid dienone is 1. The molecule has 0 heterocycles. The molecule has 0 saturated heterocycles. The lowest BCUT2D eigenvalue weighted by atomic mass is 10.0. The number of carboxylic acids is 1. The number of methoxy groups -OCH3 is 1. The van der Waals surface area contributed by atoms with Crippen molar-refractivity contribution < 1.29 is 24.2 Å². The van der Waals surface area contributed by atoms with E-state index in [1.54, 1.807) is 43.5 Å². The molecule has 0 bridgehead atoms. The van der Waals surface area contributed by atoms with Gasteiger partial charge in [0.05, 0.1) is 7.11 Å². The van der Waals surface area contributed by atoms with Gasteiger partial charge in [0, 0.05) is 6.54 Å². The summed E-state index contributed by atoms with van der Waals surface area (Å²) in [5.41, 5.74) is 2.14. The van der Waals surface area contributed by atoms with Crippen molar-refractivity contribution in [3.8, 4) is 17.6 Å². The molecule has 7 nitrogen and oxygen atoms in total. The number of nitrogens with one attached hydrogen (secondary N) is 1. The molecule has 30 heavy (non-hydrogen) atoms. The van der Waals surface area contributed by atoms with Gasteiger partial charge in [-0.1, -0.05) is 24.3 Å². The fourth-order valence-electron chi connectivity index (χ4n) is 2.62. The molecule has 154 valence electrons.